The van der Waals surface area contributed by atoms with Gasteiger partial charge in [-0.3, -0.25) is 0 Å². The summed E-state index contributed by atoms with van der Waals surface area (Å²) in [5.74, 6) is 1.74. The Labute approximate surface area is 95.3 Å². The van der Waals surface area contributed by atoms with Crippen molar-refractivity contribution in [3.8, 4) is 0 Å². The van der Waals surface area contributed by atoms with Crippen LogP contribution in [-0.2, 0) is 0 Å². The molecule has 0 bridgehead atoms. The van der Waals surface area contributed by atoms with Gasteiger partial charge in [0.25, 0.3) is 0 Å². The molecular weight excluding hydrogens is 198 g/mol. The summed E-state index contributed by atoms with van der Waals surface area (Å²) in [5.41, 5.74) is 3.36. The summed E-state index contributed by atoms with van der Waals surface area (Å²) >= 11 is 0. The van der Waals surface area contributed by atoms with E-state index in [1.165, 1.54) is 12.8 Å². The number of fused-ring (bicyclic) bond motifs is 1. The quantitative estimate of drug-likeness (QED) is 0.763. The number of imidazole rings is 1. The molecule has 83 valence electrons. The Balaban J connectivity index is 2.01. The Morgan fingerprint density at radius 3 is 2.94 bits per heavy atom. The first-order chi connectivity index (χ1) is 7.84. The zero-order chi connectivity index (χ0) is 11.0. The molecule has 1 aliphatic heterocycles. The standard InChI is InChI=1S/C13H16N3/c1-9-3-2-4-11-12(9)16-13(15-11)10-5-7-14-8-6-10/h2,4,10,14H,5-8H2,1H3,(H,15,16). The molecule has 1 aromatic heterocycles. The molecule has 1 radical (unpaired) electrons. The molecule has 2 aromatic rings. The number of hydrogen-bond acceptors (Lipinski definition) is 2. The molecule has 1 aliphatic rings. The number of piperidine rings is 1. The molecule has 0 atom stereocenters. The van der Waals surface area contributed by atoms with E-state index in [0.717, 1.165) is 35.5 Å². The third kappa shape index (κ3) is 1.61. The lowest BCUT2D eigenvalue weighted by Gasteiger charge is -2.20. The van der Waals surface area contributed by atoms with E-state index >= 15 is 0 Å². The van der Waals surface area contributed by atoms with Gasteiger partial charge < -0.3 is 10.3 Å². The summed E-state index contributed by atoms with van der Waals surface area (Å²) in [6.07, 6.45) is 2.37. The van der Waals surface area contributed by atoms with Gasteiger partial charge in [-0.2, -0.15) is 0 Å². The van der Waals surface area contributed by atoms with Crippen LogP contribution < -0.4 is 5.32 Å². The summed E-state index contributed by atoms with van der Waals surface area (Å²) in [4.78, 5) is 8.17. The van der Waals surface area contributed by atoms with E-state index in [2.05, 4.69) is 29.4 Å². The number of benzene rings is 1. The van der Waals surface area contributed by atoms with E-state index in [9.17, 15) is 0 Å². The minimum atomic E-state index is 0.591. The lowest BCUT2D eigenvalue weighted by molar-refractivity contribution is 0.448. The lowest BCUT2D eigenvalue weighted by atomic mass is 9.98. The monoisotopic (exact) mass is 214 g/mol. The SMILES string of the molecule is Cc1[c]ccc2[nH]c(C3CCNCC3)nc12. The van der Waals surface area contributed by atoms with E-state index in [1.807, 2.05) is 6.07 Å². The van der Waals surface area contributed by atoms with Gasteiger partial charge in [-0.15, -0.1) is 0 Å². The van der Waals surface area contributed by atoms with Gasteiger partial charge in [0.05, 0.1) is 11.0 Å². The second-order valence-electron chi connectivity index (χ2n) is 4.51. The molecular formula is C13H16N3. The van der Waals surface area contributed by atoms with Crippen molar-refractivity contribution in [2.45, 2.75) is 25.7 Å². The van der Waals surface area contributed by atoms with Crippen molar-refractivity contribution in [3.63, 3.8) is 0 Å². The number of aromatic amines is 1. The van der Waals surface area contributed by atoms with Gasteiger partial charge in [-0.1, -0.05) is 6.07 Å². The van der Waals surface area contributed by atoms with E-state index in [-0.39, 0.29) is 0 Å². The van der Waals surface area contributed by atoms with Crippen LogP contribution in [0.5, 0.6) is 0 Å². The van der Waals surface area contributed by atoms with Gasteiger partial charge in [0.1, 0.15) is 5.82 Å². The Hall–Kier alpha value is -1.35. The Morgan fingerprint density at radius 1 is 1.38 bits per heavy atom. The molecule has 0 aliphatic carbocycles. The maximum atomic E-state index is 4.72. The van der Waals surface area contributed by atoms with Crippen molar-refractivity contribution < 1.29 is 0 Å². The highest BCUT2D eigenvalue weighted by atomic mass is 14.9. The summed E-state index contributed by atoms with van der Waals surface area (Å²) in [5, 5.41) is 3.38. The third-order valence-corrected chi connectivity index (χ3v) is 3.38. The van der Waals surface area contributed by atoms with Crippen LogP contribution in [0.15, 0.2) is 12.1 Å². The number of aromatic nitrogens is 2. The van der Waals surface area contributed by atoms with E-state index in [4.69, 9.17) is 4.98 Å². The molecule has 3 rings (SSSR count). The second-order valence-corrected chi connectivity index (χ2v) is 4.51. The van der Waals surface area contributed by atoms with Gasteiger partial charge in [0, 0.05) is 5.92 Å². The van der Waals surface area contributed by atoms with E-state index < -0.39 is 0 Å². The number of nitrogens with one attached hydrogen (secondary N) is 2. The third-order valence-electron chi connectivity index (χ3n) is 3.38. The van der Waals surface area contributed by atoms with Crippen LogP contribution in [0, 0.1) is 13.0 Å². The van der Waals surface area contributed by atoms with Crippen LogP contribution in [0.4, 0.5) is 0 Å². The molecule has 0 saturated carbocycles. The largest absolute Gasteiger partial charge is 0.342 e. The molecule has 0 spiro atoms. The van der Waals surface area contributed by atoms with Crippen LogP contribution >= 0.6 is 0 Å². The normalized spacial score (nSPS) is 18.1. The second kappa shape index (κ2) is 3.91. The van der Waals surface area contributed by atoms with Gasteiger partial charge in [0.2, 0.25) is 0 Å². The highest BCUT2D eigenvalue weighted by molar-refractivity contribution is 5.78. The molecule has 1 fully saturated rings. The minimum absolute atomic E-state index is 0.591. The molecule has 0 unspecified atom stereocenters. The summed E-state index contributed by atoms with van der Waals surface area (Å²) in [6.45, 7) is 4.27. The number of nitrogens with zero attached hydrogens (tertiary/aromatic N) is 1. The number of aryl methyl sites for hydroxylation is 1. The number of hydrogen-bond donors (Lipinski definition) is 2. The van der Waals surface area contributed by atoms with Crippen LogP contribution in [0.25, 0.3) is 11.0 Å². The average molecular weight is 214 g/mol. The Morgan fingerprint density at radius 2 is 2.19 bits per heavy atom. The Kier molecular flexibility index (Phi) is 2.40. The lowest BCUT2D eigenvalue weighted by Crippen LogP contribution is -2.27. The van der Waals surface area contributed by atoms with Gasteiger partial charge in [-0.05, 0) is 50.6 Å². The maximum Gasteiger partial charge on any atom is 0.110 e. The van der Waals surface area contributed by atoms with Gasteiger partial charge in [0.15, 0.2) is 0 Å². The first-order valence-electron chi connectivity index (χ1n) is 5.92. The number of H-pyrrole nitrogens is 1. The van der Waals surface area contributed by atoms with Gasteiger partial charge in [-0.25, -0.2) is 4.98 Å². The van der Waals surface area contributed by atoms with Crippen LogP contribution in [0.3, 0.4) is 0 Å². The highest BCUT2D eigenvalue weighted by Crippen LogP contribution is 2.25. The molecule has 2 N–H and O–H groups in total. The van der Waals surface area contributed by atoms with E-state index in [0.29, 0.717) is 5.92 Å². The van der Waals surface area contributed by atoms with Crippen molar-refractivity contribution in [1.82, 2.24) is 15.3 Å². The topological polar surface area (TPSA) is 40.7 Å². The minimum Gasteiger partial charge on any atom is -0.342 e. The smallest absolute Gasteiger partial charge is 0.110 e. The van der Waals surface area contributed by atoms with Crippen molar-refractivity contribution in [2.75, 3.05) is 13.1 Å². The fourth-order valence-electron chi connectivity index (χ4n) is 2.42. The highest BCUT2D eigenvalue weighted by Gasteiger charge is 2.18. The van der Waals surface area contributed by atoms with Crippen LogP contribution in [0.2, 0.25) is 0 Å². The van der Waals surface area contributed by atoms with Crippen molar-refractivity contribution in [2.24, 2.45) is 0 Å². The summed E-state index contributed by atoms with van der Waals surface area (Å²) in [7, 11) is 0. The average Bonchev–Trinajstić information content (AvgIpc) is 2.76. The van der Waals surface area contributed by atoms with Crippen molar-refractivity contribution >= 4 is 11.0 Å². The van der Waals surface area contributed by atoms with Crippen molar-refractivity contribution in [3.05, 3.63) is 29.6 Å². The predicted octanol–water partition coefficient (Wildman–Crippen LogP) is 2.14. The van der Waals surface area contributed by atoms with Crippen LogP contribution in [-0.4, -0.2) is 23.1 Å². The summed E-state index contributed by atoms with van der Waals surface area (Å²) in [6, 6.07) is 7.21. The predicted molar refractivity (Wildman–Crippen MR) is 64.5 cm³/mol. The zero-order valence-corrected chi connectivity index (χ0v) is 9.51. The molecule has 16 heavy (non-hydrogen) atoms. The Bertz CT molecular complexity index is 495. The zero-order valence-electron chi connectivity index (χ0n) is 9.51. The van der Waals surface area contributed by atoms with Crippen molar-refractivity contribution in [1.29, 1.82) is 0 Å². The van der Waals surface area contributed by atoms with E-state index in [1.54, 1.807) is 0 Å². The number of rotatable bonds is 1. The molecule has 3 nitrogen and oxygen atoms in total. The molecule has 1 aromatic carbocycles. The van der Waals surface area contributed by atoms with Gasteiger partial charge >= 0.3 is 0 Å². The molecule has 2 heterocycles. The van der Waals surface area contributed by atoms with Crippen LogP contribution in [0.1, 0.15) is 30.1 Å². The molecule has 0 amide bonds. The first-order valence-corrected chi connectivity index (χ1v) is 5.92. The fraction of sp³-hybridized carbons (Fsp3) is 0.462. The maximum absolute atomic E-state index is 4.72. The molecule has 1 saturated heterocycles. The summed E-state index contributed by atoms with van der Waals surface area (Å²) < 4.78 is 0. The first kappa shape index (κ1) is 9.85. The fourth-order valence-corrected chi connectivity index (χ4v) is 2.42. The molecule has 3 heteroatoms.